The van der Waals surface area contributed by atoms with Crippen LogP contribution in [-0.4, -0.2) is 44.7 Å². The molecule has 1 aromatic carbocycles. The molecule has 7 nitrogen and oxygen atoms in total. The van der Waals surface area contributed by atoms with E-state index in [0.29, 0.717) is 30.7 Å². The highest BCUT2D eigenvalue weighted by Crippen LogP contribution is 2.52. The normalized spacial score (nSPS) is 19.6. The fraction of sp³-hybridized carbons (Fsp3) is 0.394. The summed E-state index contributed by atoms with van der Waals surface area (Å²) >= 11 is 0. The van der Waals surface area contributed by atoms with Crippen LogP contribution in [0.15, 0.2) is 60.8 Å². The summed E-state index contributed by atoms with van der Waals surface area (Å²) in [5, 5.41) is 3.13. The Labute approximate surface area is 236 Å². The van der Waals surface area contributed by atoms with Gasteiger partial charge in [0.2, 0.25) is 0 Å². The number of ether oxygens (including phenoxy) is 1. The summed E-state index contributed by atoms with van der Waals surface area (Å²) in [7, 11) is 0. The van der Waals surface area contributed by atoms with Crippen LogP contribution in [0.25, 0.3) is 33.9 Å². The topological polar surface area (TPSA) is 81.9 Å². The summed E-state index contributed by atoms with van der Waals surface area (Å²) in [6.45, 7) is 7.43. The molecule has 1 saturated carbocycles. The second-order valence-corrected chi connectivity index (χ2v) is 10.7. The molecular weight excluding hydrogens is 498 g/mol. The summed E-state index contributed by atoms with van der Waals surface area (Å²) in [5.74, 6) is 1.71. The monoisotopic (exact) mass is 535 g/mol. The van der Waals surface area contributed by atoms with E-state index >= 15 is 0 Å². The van der Waals surface area contributed by atoms with Gasteiger partial charge < -0.3 is 14.6 Å². The summed E-state index contributed by atoms with van der Waals surface area (Å²) in [6, 6.07) is 18.8. The van der Waals surface area contributed by atoms with Gasteiger partial charge in [0.1, 0.15) is 11.5 Å². The van der Waals surface area contributed by atoms with E-state index < -0.39 is 0 Å². The van der Waals surface area contributed by atoms with Gasteiger partial charge in [0.25, 0.3) is 5.91 Å². The van der Waals surface area contributed by atoms with Crippen molar-refractivity contribution >= 4 is 5.91 Å². The molecule has 1 saturated heterocycles. The Morgan fingerprint density at radius 1 is 0.925 bits per heavy atom. The average Bonchev–Trinajstić information content (AvgIpc) is 3.72. The highest BCUT2D eigenvalue weighted by molar-refractivity contribution is 5.95. The fourth-order valence-electron chi connectivity index (χ4n) is 6.30. The number of carbonyl (C=O) groups is 1. The number of rotatable bonds is 5. The number of benzene rings is 1. The van der Waals surface area contributed by atoms with Crippen LogP contribution in [-0.2, 0) is 4.74 Å². The van der Waals surface area contributed by atoms with E-state index in [4.69, 9.17) is 14.7 Å². The minimum atomic E-state index is -0.0367. The van der Waals surface area contributed by atoms with Gasteiger partial charge in [-0.05, 0) is 75.4 Å². The minimum absolute atomic E-state index is 0.0367. The molecule has 3 aliphatic rings. The fourth-order valence-corrected chi connectivity index (χ4v) is 6.30. The van der Waals surface area contributed by atoms with Crippen molar-refractivity contribution in [3.05, 3.63) is 77.9 Å². The van der Waals surface area contributed by atoms with Crippen molar-refractivity contribution in [2.45, 2.75) is 70.9 Å². The number of aryl methyl sites for hydroxylation is 1. The zero-order valence-electron chi connectivity index (χ0n) is 23.6. The molecule has 1 N–H and O–H groups in total. The molecule has 0 spiro atoms. The molecule has 7 heteroatoms. The van der Waals surface area contributed by atoms with E-state index in [1.165, 1.54) is 25.1 Å². The van der Waals surface area contributed by atoms with Crippen LogP contribution < -0.4 is 5.32 Å². The molecule has 2 unspecified atom stereocenters. The molecular formula is C33H37N5O2. The van der Waals surface area contributed by atoms with Gasteiger partial charge in [0.05, 0.1) is 17.1 Å². The first-order chi connectivity index (χ1) is 19.6. The van der Waals surface area contributed by atoms with Gasteiger partial charge in [-0.15, -0.1) is 0 Å². The highest BCUT2D eigenvalue weighted by atomic mass is 16.5. The number of carbonyl (C=O) groups excluding carboxylic acids is 1. The van der Waals surface area contributed by atoms with Gasteiger partial charge in [0, 0.05) is 59.8 Å². The number of nitrogens with zero attached hydrogens (tertiary/aromatic N) is 4. The van der Waals surface area contributed by atoms with E-state index in [1.54, 1.807) is 0 Å². The Morgan fingerprint density at radius 3 is 2.50 bits per heavy atom. The van der Waals surface area contributed by atoms with Crippen molar-refractivity contribution in [2.24, 2.45) is 0 Å². The Balaban J connectivity index is 0.00000142. The maximum absolute atomic E-state index is 12.8. The third-order valence-electron chi connectivity index (χ3n) is 8.24. The van der Waals surface area contributed by atoms with Gasteiger partial charge in [-0.2, -0.15) is 0 Å². The zero-order chi connectivity index (χ0) is 27.6. The standard InChI is InChI=1S/C31H31N5O2.C2H6/c1-19-3-2-4-26(33-19)28-29(36-25-10-9-23(17-25)30(36)35-28)22-11-14-32-27(18-22)20-5-7-21(8-6-20)31(37)34-24-12-15-38-16-13-24;1-2/h2-8,11,14,18,23-25H,9-10,12-13,15-17H2,1H3,(H,34,37);1-2H3. The predicted octanol–water partition coefficient (Wildman–Crippen LogP) is 6.74. The molecule has 2 aliphatic heterocycles. The van der Waals surface area contributed by atoms with Crippen molar-refractivity contribution in [1.82, 2.24) is 24.8 Å². The molecule has 1 aliphatic carbocycles. The van der Waals surface area contributed by atoms with Gasteiger partial charge >= 0.3 is 0 Å². The average molecular weight is 536 g/mol. The first-order valence-electron chi connectivity index (χ1n) is 14.7. The van der Waals surface area contributed by atoms with E-state index in [1.807, 2.05) is 57.3 Å². The van der Waals surface area contributed by atoms with Crippen LogP contribution in [0.3, 0.4) is 0 Å². The lowest BCUT2D eigenvalue weighted by molar-refractivity contribution is 0.0696. The van der Waals surface area contributed by atoms with Crippen LogP contribution in [0.1, 0.15) is 79.8 Å². The van der Waals surface area contributed by atoms with Crippen LogP contribution >= 0.6 is 0 Å². The van der Waals surface area contributed by atoms with E-state index in [-0.39, 0.29) is 11.9 Å². The Bertz CT molecular complexity index is 1500. The molecule has 7 rings (SSSR count). The molecule has 2 fully saturated rings. The van der Waals surface area contributed by atoms with Crippen LogP contribution in [0.2, 0.25) is 0 Å². The summed E-state index contributed by atoms with van der Waals surface area (Å²) in [5.41, 5.74) is 7.61. The zero-order valence-corrected chi connectivity index (χ0v) is 23.6. The molecule has 2 atom stereocenters. The lowest BCUT2D eigenvalue weighted by Gasteiger charge is -2.23. The number of imidazole rings is 1. The van der Waals surface area contributed by atoms with Crippen molar-refractivity contribution in [1.29, 1.82) is 0 Å². The Kier molecular flexibility index (Phi) is 7.48. The Morgan fingerprint density at radius 2 is 1.73 bits per heavy atom. The van der Waals surface area contributed by atoms with Crippen molar-refractivity contribution in [2.75, 3.05) is 13.2 Å². The Hall–Kier alpha value is -3.84. The molecule has 4 aromatic rings. The SMILES string of the molecule is CC.Cc1cccc(-c2nc3n(c2-c2ccnc(-c4ccc(C(=O)NC5CCOCC5)cc4)c2)C2CCC3C2)n1. The van der Waals surface area contributed by atoms with E-state index in [9.17, 15) is 4.79 Å². The van der Waals surface area contributed by atoms with E-state index in [0.717, 1.165) is 52.4 Å². The maximum Gasteiger partial charge on any atom is 0.251 e. The number of hydrogen-bond donors (Lipinski definition) is 1. The number of aromatic nitrogens is 4. The molecule has 40 heavy (non-hydrogen) atoms. The second-order valence-electron chi connectivity index (χ2n) is 10.7. The van der Waals surface area contributed by atoms with Gasteiger partial charge in [0.15, 0.2) is 0 Å². The van der Waals surface area contributed by atoms with Crippen molar-refractivity contribution in [3.63, 3.8) is 0 Å². The first-order valence-corrected chi connectivity index (χ1v) is 14.7. The predicted molar refractivity (Wildman–Crippen MR) is 157 cm³/mol. The van der Waals surface area contributed by atoms with Crippen molar-refractivity contribution < 1.29 is 9.53 Å². The highest BCUT2D eigenvalue weighted by Gasteiger charge is 2.41. The number of amides is 1. The van der Waals surface area contributed by atoms with Crippen LogP contribution in [0, 0.1) is 6.92 Å². The summed E-state index contributed by atoms with van der Waals surface area (Å²) < 4.78 is 7.87. The van der Waals surface area contributed by atoms with E-state index in [2.05, 4.69) is 39.1 Å². The van der Waals surface area contributed by atoms with Crippen LogP contribution in [0.4, 0.5) is 0 Å². The molecule has 1 amide bonds. The number of pyridine rings is 2. The smallest absolute Gasteiger partial charge is 0.251 e. The second kappa shape index (κ2) is 11.3. The summed E-state index contributed by atoms with van der Waals surface area (Å²) in [4.78, 5) is 27.4. The molecule has 5 heterocycles. The quantitative estimate of drug-likeness (QED) is 0.306. The van der Waals surface area contributed by atoms with Gasteiger partial charge in [-0.3, -0.25) is 14.8 Å². The first kappa shape index (κ1) is 26.4. The molecule has 0 radical (unpaired) electrons. The molecule has 206 valence electrons. The minimum Gasteiger partial charge on any atom is -0.381 e. The number of hydrogen-bond acceptors (Lipinski definition) is 5. The lowest BCUT2D eigenvalue weighted by atomic mass is 10.0. The molecule has 2 bridgehead atoms. The molecule has 3 aromatic heterocycles. The third-order valence-corrected chi connectivity index (χ3v) is 8.24. The van der Waals surface area contributed by atoms with Crippen molar-refractivity contribution in [3.8, 4) is 33.9 Å². The summed E-state index contributed by atoms with van der Waals surface area (Å²) in [6.07, 6.45) is 7.21. The van der Waals surface area contributed by atoms with Gasteiger partial charge in [-0.25, -0.2) is 4.98 Å². The number of nitrogens with one attached hydrogen (secondary N) is 1. The van der Waals surface area contributed by atoms with Crippen LogP contribution in [0.5, 0.6) is 0 Å². The maximum atomic E-state index is 12.8. The largest absolute Gasteiger partial charge is 0.381 e. The van der Waals surface area contributed by atoms with Gasteiger partial charge in [-0.1, -0.05) is 32.0 Å². The number of fused-ring (bicyclic) bond motifs is 5. The lowest BCUT2D eigenvalue weighted by Crippen LogP contribution is -2.38. The third kappa shape index (κ3) is 4.94.